The molecule has 0 spiro atoms. The molecule has 0 unspecified atom stereocenters. The van der Waals surface area contributed by atoms with Crippen LogP contribution in [-0.2, 0) is 0 Å². The van der Waals surface area contributed by atoms with E-state index >= 15 is 0 Å². The zero-order valence-electron chi connectivity index (χ0n) is 6.36. The van der Waals surface area contributed by atoms with Crippen molar-refractivity contribution in [1.29, 1.82) is 0 Å². The molecule has 0 bridgehead atoms. The van der Waals surface area contributed by atoms with Crippen LogP contribution in [0.3, 0.4) is 0 Å². The second-order valence-electron chi connectivity index (χ2n) is 2.25. The molecule has 2 aromatic rings. The van der Waals surface area contributed by atoms with Crippen molar-refractivity contribution in [1.82, 2.24) is 14.6 Å². The predicted molar refractivity (Wildman–Crippen MR) is 47.2 cm³/mol. The van der Waals surface area contributed by atoms with Crippen LogP contribution in [0, 0.1) is 0 Å². The molecule has 0 aliphatic rings. The van der Waals surface area contributed by atoms with Crippen LogP contribution in [0.15, 0.2) is 23.1 Å². The highest BCUT2D eigenvalue weighted by Gasteiger charge is 2.02. The van der Waals surface area contributed by atoms with Crippen LogP contribution in [-0.4, -0.2) is 21.7 Å². The number of nitrogens with zero attached hydrogens (tertiary/aromatic N) is 3. The smallest absolute Gasteiger partial charge is 0.159 e. The molecule has 0 N–H and O–H groups in total. The van der Waals surface area contributed by atoms with Crippen molar-refractivity contribution in [2.24, 2.45) is 0 Å². The number of aromatic nitrogens is 3. The second-order valence-corrected chi connectivity index (χ2v) is 3.11. The van der Waals surface area contributed by atoms with E-state index in [-0.39, 0.29) is 0 Å². The first-order valence-corrected chi connectivity index (χ1v) is 4.13. The van der Waals surface area contributed by atoms with Gasteiger partial charge in [0.25, 0.3) is 0 Å². The maximum absolute atomic E-state index is 5.09. The summed E-state index contributed by atoms with van der Waals surface area (Å²) in [6.07, 6.45) is 3.31. The molecular weight excluding hydrogens is 222 g/mol. The summed E-state index contributed by atoms with van der Waals surface area (Å²) in [5.74, 6) is 0.760. The zero-order chi connectivity index (χ0) is 8.55. The fraction of sp³-hybridized carbons (Fsp3) is 0.143. The van der Waals surface area contributed by atoms with E-state index in [1.54, 1.807) is 17.8 Å². The van der Waals surface area contributed by atoms with Gasteiger partial charge in [-0.3, -0.25) is 0 Å². The highest BCUT2D eigenvalue weighted by molar-refractivity contribution is 9.10. The third kappa shape index (κ3) is 1.06. The van der Waals surface area contributed by atoms with Crippen molar-refractivity contribution in [3.8, 4) is 5.75 Å². The Balaban J connectivity index is 2.73. The van der Waals surface area contributed by atoms with Crippen LogP contribution >= 0.6 is 15.9 Å². The van der Waals surface area contributed by atoms with E-state index < -0.39 is 0 Å². The number of halogens is 1. The molecule has 2 heterocycles. The largest absolute Gasteiger partial charge is 0.495 e. The Morgan fingerprint density at radius 1 is 1.58 bits per heavy atom. The van der Waals surface area contributed by atoms with Gasteiger partial charge in [0.05, 0.1) is 11.6 Å². The van der Waals surface area contributed by atoms with Gasteiger partial charge in [-0.2, -0.15) is 5.10 Å². The van der Waals surface area contributed by atoms with E-state index in [9.17, 15) is 0 Å². The van der Waals surface area contributed by atoms with Gasteiger partial charge in [0.15, 0.2) is 5.65 Å². The summed E-state index contributed by atoms with van der Waals surface area (Å²) in [6.45, 7) is 0. The van der Waals surface area contributed by atoms with Crippen LogP contribution in [0.25, 0.3) is 5.65 Å². The lowest BCUT2D eigenvalue weighted by atomic mass is 10.4. The first kappa shape index (κ1) is 7.54. The van der Waals surface area contributed by atoms with E-state index in [0.717, 1.165) is 15.9 Å². The van der Waals surface area contributed by atoms with Gasteiger partial charge in [-0.1, -0.05) is 0 Å². The second kappa shape index (κ2) is 2.75. The Morgan fingerprint density at radius 2 is 2.42 bits per heavy atom. The van der Waals surface area contributed by atoms with Crippen molar-refractivity contribution >= 4 is 21.6 Å². The molecule has 0 amide bonds. The molecule has 4 nitrogen and oxygen atoms in total. The Bertz CT molecular complexity index is 412. The van der Waals surface area contributed by atoms with Crippen molar-refractivity contribution in [3.63, 3.8) is 0 Å². The first-order chi connectivity index (χ1) is 5.81. The standard InChI is InChI=1S/C7H6BrN3O/c1-12-6-2-7-9-4-10-11(7)3-5(6)8/h2-4H,1H3. The minimum Gasteiger partial charge on any atom is -0.495 e. The molecule has 0 aliphatic carbocycles. The normalized spacial score (nSPS) is 10.5. The summed E-state index contributed by atoms with van der Waals surface area (Å²) < 4.78 is 7.63. The highest BCUT2D eigenvalue weighted by atomic mass is 79.9. The van der Waals surface area contributed by atoms with E-state index in [4.69, 9.17) is 4.74 Å². The summed E-state index contributed by atoms with van der Waals surface area (Å²) >= 11 is 3.35. The lowest BCUT2D eigenvalue weighted by Crippen LogP contribution is -1.90. The summed E-state index contributed by atoms with van der Waals surface area (Å²) in [7, 11) is 1.62. The molecule has 0 atom stereocenters. The van der Waals surface area contributed by atoms with Crippen molar-refractivity contribution < 1.29 is 4.74 Å². The molecule has 0 fully saturated rings. The minimum absolute atomic E-state index is 0.760. The molecule has 0 aromatic carbocycles. The molecule has 0 aliphatic heterocycles. The third-order valence-corrected chi connectivity index (χ3v) is 2.15. The van der Waals surface area contributed by atoms with Gasteiger partial charge in [-0.15, -0.1) is 0 Å². The van der Waals surface area contributed by atoms with Gasteiger partial charge in [0.1, 0.15) is 12.1 Å². The maximum Gasteiger partial charge on any atom is 0.159 e. The number of rotatable bonds is 1. The van der Waals surface area contributed by atoms with E-state index in [2.05, 4.69) is 26.0 Å². The van der Waals surface area contributed by atoms with Crippen LogP contribution < -0.4 is 4.74 Å². The van der Waals surface area contributed by atoms with Crippen molar-refractivity contribution in [3.05, 3.63) is 23.1 Å². The fourth-order valence-corrected chi connectivity index (χ4v) is 1.45. The van der Waals surface area contributed by atoms with Gasteiger partial charge in [0.2, 0.25) is 0 Å². The van der Waals surface area contributed by atoms with Crippen molar-refractivity contribution in [2.75, 3.05) is 7.11 Å². The molecule has 2 aromatic heterocycles. The minimum atomic E-state index is 0.760. The lowest BCUT2D eigenvalue weighted by molar-refractivity contribution is 0.411. The Morgan fingerprint density at radius 3 is 3.17 bits per heavy atom. The van der Waals surface area contributed by atoms with Gasteiger partial charge >= 0.3 is 0 Å². The number of pyridine rings is 1. The molecule has 5 heteroatoms. The molecule has 0 radical (unpaired) electrons. The van der Waals surface area contributed by atoms with E-state index in [1.807, 2.05) is 6.07 Å². The van der Waals surface area contributed by atoms with Gasteiger partial charge in [0, 0.05) is 12.3 Å². The number of fused-ring (bicyclic) bond motifs is 1. The lowest BCUT2D eigenvalue weighted by Gasteiger charge is -2.01. The predicted octanol–water partition coefficient (Wildman–Crippen LogP) is 1.50. The van der Waals surface area contributed by atoms with Gasteiger partial charge in [-0.05, 0) is 15.9 Å². The third-order valence-electron chi connectivity index (χ3n) is 1.55. The summed E-state index contributed by atoms with van der Waals surface area (Å²) in [6, 6.07) is 1.82. The first-order valence-electron chi connectivity index (χ1n) is 3.34. The average molecular weight is 228 g/mol. The highest BCUT2D eigenvalue weighted by Crippen LogP contribution is 2.24. The fourth-order valence-electron chi connectivity index (χ4n) is 0.975. The SMILES string of the molecule is COc1cc2ncnn2cc1Br. The van der Waals surface area contributed by atoms with Gasteiger partial charge < -0.3 is 4.74 Å². The van der Waals surface area contributed by atoms with Crippen LogP contribution in [0.2, 0.25) is 0 Å². The number of hydrogen-bond donors (Lipinski definition) is 0. The Hall–Kier alpha value is -1.10. The van der Waals surface area contributed by atoms with Crippen LogP contribution in [0.5, 0.6) is 5.75 Å². The average Bonchev–Trinajstić information content (AvgIpc) is 2.49. The van der Waals surface area contributed by atoms with E-state index in [0.29, 0.717) is 0 Å². The monoisotopic (exact) mass is 227 g/mol. The summed E-state index contributed by atoms with van der Waals surface area (Å²) in [4.78, 5) is 4.02. The Kier molecular flexibility index (Phi) is 1.73. The van der Waals surface area contributed by atoms with Crippen LogP contribution in [0.4, 0.5) is 0 Å². The number of hydrogen-bond acceptors (Lipinski definition) is 3. The molecular formula is C7H6BrN3O. The number of methoxy groups -OCH3 is 1. The molecule has 12 heavy (non-hydrogen) atoms. The van der Waals surface area contributed by atoms with Crippen molar-refractivity contribution in [2.45, 2.75) is 0 Å². The maximum atomic E-state index is 5.09. The van der Waals surface area contributed by atoms with Gasteiger partial charge in [-0.25, -0.2) is 9.50 Å². The topological polar surface area (TPSA) is 39.4 Å². The Labute approximate surface area is 77.3 Å². The molecule has 0 saturated heterocycles. The molecule has 62 valence electrons. The summed E-state index contributed by atoms with van der Waals surface area (Å²) in [5.41, 5.74) is 0.773. The van der Waals surface area contributed by atoms with E-state index in [1.165, 1.54) is 6.33 Å². The van der Waals surface area contributed by atoms with Crippen LogP contribution in [0.1, 0.15) is 0 Å². The summed E-state index contributed by atoms with van der Waals surface area (Å²) in [5, 5.41) is 3.97. The quantitative estimate of drug-likeness (QED) is 0.742. The molecule has 0 saturated carbocycles. The molecule has 2 rings (SSSR count). The number of ether oxygens (including phenoxy) is 1. The zero-order valence-corrected chi connectivity index (χ0v) is 7.95.